The first-order valence-electron chi connectivity index (χ1n) is 4.16. The van der Waals surface area contributed by atoms with Crippen molar-refractivity contribution in [2.45, 2.75) is 32.9 Å². The molecule has 0 fully saturated rings. The van der Waals surface area contributed by atoms with Crippen molar-refractivity contribution >= 4 is 11.9 Å². The van der Waals surface area contributed by atoms with Gasteiger partial charge in [-0.3, -0.25) is 9.59 Å². The summed E-state index contributed by atoms with van der Waals surface area (Å²) in [6, 6.07) is -1.44. The monoisotopic (exact) mass is 206 g/mol. The highest BCUT2D eigenvalue weighted by Gasteiger charge is 2.14. The molecule has 0 amide bonds. The lowest BCUT2D eigenvalue weighted by Gasteiger charge is -2.07. The molecule has 6 heteroatoms. The van der Waals surface area contributed by atoms with Crippen LogP contribution in [-0.4, -0.2) is 34.2 Å². The van der Waals surface area contributed by atoms with Gasteiger partial charge in [0.05, 0.1) is 0 Å². The third-order valence-electron chi connectivity index (χ3n) is 1.39. The van der Waals surface area contributed by atoms with Gasteiger partial charge in [-0.1, -0.05) is 13.8 Å². The highest BCUT2D eigenvalue weighted by atomic mass is 16.4. The summed E-state index contributed by atoms with van der Waals surface area (Å²) in [7, 11) is 0. The number of carboxylic acid groups (broad SMARTS) is 2. The second kappa shape index (κ2) is 7.28. The summed E-state index contributed by atoms with van der Waals surface area (Å²) in [5.74, 6) is -1.87. The second-order valence-electron chi connectivity index (χ2n) is 3.23. The molecule has 0 aromatic carbocycles. The van der Waals surface area contributed by atoms with Crippen molar-refractivity contribution in [1.82, 2.24) is 0 Å². The lowest BCUT2D eigenvalue weighted by molar-refractivity contribution is -0.140. The molecule has 0 radical (unpaired) electrons. The number of carbonyl (C=O) groups is 2. The van der Waals surface area contributed by atoms with Crippen LogP contribution in [0, 0.1) is 5.92 Å². The van der Waals surface area contributed by atoms with Gasteiger partial charge in [-0.2, -0.15) is 0 Å². The maximum atomic E-state index is 10.0. The minimum atomic E-state index is -0.963. The molecule has 0 saturated carbocycles. The molecule has 0 heterocycles. The smallest absolute Gasteiger partial charge is 0.320 e. The molecule has 6 nitrogen and oxygen atoms in total. The Balaban J connectivity index is 0. The van der Waals surface area contributed by atoms with Gasteiger partial charge in [-0.05, 0) is 12.8 Å². The number of aliphatic carboxylic acids is 2. The lowest BCUT2D eigenvalue weighted by atomic mass is 10.1. The van der Waals surface area contributed by atoms with E-state index in [0.29, 0.717) is 0 Å². The molecule has 0 bridgehead atoms. The maximum absolute atomic E-state index is 10.0. The lowest BCUT2D eigenvalue weighted by Crippen LogP contribution is -2.34. The number of hydrogen-bond donors (Lipinski definition) is 4. The summed E-state index contributed by atoms with van der Waals surface area (Å²) >= 11 is 0. The minimum Gasteiger partial charge on any atom is -0.480 e. The van der Waals surface area contributed by atoms with E-state index in [1.54, 1.807) is 13.8 Å². The zero-order valence-electron chi connectivity index (χ0n) is 8.60. The van der Waals surface area contributed by atoms with E-state index in [1.165, 1.54) is 6.92 Å². The van der Waals surface area contributed by atoms with E-state index < -0.39 is 24.0 Å². The van der Waals surface area contributed by atoms with E-state index in [9.17, 15) is 9.59 Å². The van der Waals surface area contributed by atoms with E-state index in [2.05, 4.69) is 0 Å². The van der Waals surface area contributed by atoms with Gasteiger partial charge in [-0.15, -0.1) is 0 Å². The summed E-state index contributed by atoms with van der Waals surface area (Å²) in [6.45, 7) is 4.97. The van der Waals surface area contributed by atoms with Crippen LogP contribution < -0.4 is 11.5 Å². The Morgan fingerprint density at radius 3 is 1.29 bits per heavy atom. The highest BCUT2D eigenvalue weighted by molar-refractivity contribution is 5.73. The van der Waals surface area contributed by atoms with Gasteiger partial charge in [0.2, 0.25) is 0 Å². The van der Waals surface area contributed by atoms with Crippen LogP contribution in [0.5, 0.6) is 0 Å². The SMILES string of the molecule is CC(C)C(N)C(=O)O.CC(N)C(=O)O. The molecule has 0 aliphatic rings. The molecule has 0 aliphatic carbocycles. The zero-order valence-corrected chi connectivity index (χ0v) is 8.60. The third-order valence-corrected chi connectivity index (χ3v) is 1.39. The van der Waals surface area contributed by atoms with Crippen LogP contribution in [0.25, 0.3) is 0 Å². The first-order chi connectivity index (χ1) is 6.20. The number of rotatable bonds is 3. The van der Waals surface area contributed by atoms with Gasteiger partial charge in [0, 0.05) is 0 Å². The first-order valence-corrected chi connectivity index (χ1v) is 4.16. The molecule has 0 aliphatic heterocycles. The van der Waals surface area contributed by atoms with Crippen LogP contribution in [0.4, 0.5) is 0 Å². The average molecular weight is 206 g/mol. The average Bonchev–Trinajstić information content (AvgIpc) is 2.03. The Morgan fingerprint density at radius 2 is 1.29 bits per heavy atom. The van der Waals surface area contributed by atoms with Crippen molar-refractivity contribution in [3.63, 3.8) is 0 Å². The van der Waals surface area contributed by atoms with Crippen LogP contribution in [-0.2, 0) is 9.59 Å². The summed E-state index contributed by atoms with van der Waals surface area (Å²) in [5, 5.41) is 16.1. The summed E-state index contributed by atoms with van der Waals surface area (Å²) < 4.78 is 0. The Hall–Kier alpha value is -1.14. The molecule has 0 aromatic heterocycles. The third kappa shape index (κ3) is 8.95. The molecule has 0 saturated heterocycles. The van der Waals surface area contributed by atoms with Crippen LogP contribution in [0.1, 0.15) is 20.8 Å². The Labute approximate surface area is 82.9 Å². The summed E-state index contributed by atoms with van der Waals surface area (Å²) in [6.07, 6.45) is 0. The van der Waals surface area contributed by atoms with E-state index in [4.69, 9.17) is 21.7 Å². The minimum absolute atomic E-state index is 0.0208. The van der Waals surface area contributed by atoms with Gasteiger partial charge in [0.15, 0.2) is 0 Å². The fourth-order valence-corrected chi connectivity index (χ4v) is 0.285. The van der Waals surface area contributed by atoms with Crippen molar-refractivity contribution < 1.29 is 19.8 Å². The Kier molecular flexibility index (Phi) is 7.98. The molecule has 2 unspecified atom stereocenters. The molecule has 6 N–H and O–H groups in total. The normalized spacial score (nSPS) is 13.9. The van der Waals surface area contributed by atoms with Crippen LogP contribution >= 0.6 is 0 Å². The van der Waals surface area contributed by atoms with Gasteiger partial charge in [-0.25, -0.2) is 0 Å². The fourth-order valence-electron chi connectivity index (χ4n) is 0.285. The molecule has 0 rings (SSSR count). The molecular weight excluding hydrogens is 188 g/mol. The molecule has 0 aromatic rings. The van der Waals surface area contributed by atoms with Crippen LogP contribution in [0.2, 0.25) is 0 Å². The number of nitrogens with two attached hydrogens (primary N) is 2. The second-order valence-corrected chi connectivity index (χ2v) is 3.23. The Bertz CT molecular complexity index is 192. The predicted octanol–water partition coefficient (Wildman–Crippen LogP) is -0.527. The summed E-state index contributed by atoms with van der Waals surface area (Å²) in [4.78, 5) is 19.6. The van der Waals surface area contributed by atoms with Crippen molar-refractivity contribution in [3.8, 4) is 0 Å². The molecule has 2 atom stereocenters. The first kappa shape index (κ1) is 15.3. The fraction of sp³-hybridized carbons (Fsp3) is 0.750. The van der Waals surface area contributed by atoms with Gasteiger partial charge < -0.3 is 21.7 Å². The van der Waals surface area contributed by atoms with Crippen molar-refractivity contribution in [2.24, 2.45) is 17.4 Å². The van der Waals surface area contributed by atoms with E-state index in [-0.39, 0.29) is 5.92 Å². The molecule has 0 spiro atoms. The molecule has 14 heavy (non-hydrogen) atoms. The maximum Gasteiger partial charge on any atom is 0.320 e. The zero-order chi connectivity index (χ0) is 11.9. The van der Waals surface area contributed by atoms with Gasteiger partial charge in [0.1, 0.15) is 12.1 Å². The summed E-state index contributed by atoms with van der Waals surface area (Å²) in [5.41, 5.74) is 10.00. The van der Waals surface area contributed by atoms with Crippen molar-refractivity contribution in [3.05, 3.63) is 0 Å². The van der Waals surface area contributed by atoms with Gasteiger partial charge in [0.25, 0.3) is 0 Å². The van der Waals surface area contributed by atoms with Crippen molar-refractivity contribution in [2.75, 3.05) is 0 Å². The molecule has 84 valence electrons. The van der Waals surface area contributed by atoms with Gasteiger partial charge >= 0.3 is 11.9 Å². The largest absolute Gasteiger partial charge is 0.480 e. The van der Waals surface area contributed by atoms with E-state index in [0.717, 1.165) is 0 Å². The predicted molar refractivity (Wildman–Crippen MR) is 51.7 cm³/mol. The van der Waals surface area contributed by atoms with Crippen LogP contribution in [0.3, 0.4) is 0 Å². The highest BCUT2D eigenvalue weighted by Crippen LogP contribution is 1.96. The molecular formula is C8H18N2O4. The number of carboxylic acids is 2. The van der Waals surface area contributed by atoms with Crippen molar-refractivity contribution in [1.29, 1.82) is 0 Å². The standard InChI is InChI=1S/C5H11NO2.C3H7NO2/c1-3(2)4(6)5(7)8;1-2(4)3(5)6/h3-4H,6H2,1-2H3,(H,7,8);2H,4H2,1H3,(H,5,6). The topological polar surface area (TPSA) is 127 Å². The quantitative estimate of drug-likeness (QED) is 0.491. The van der Waals surface area contributed by atoms with E-state index >= 15 is 0 Å². The number of hydrogen-bond acceptors (Lipinski definition) is 4. The van der Waals surface area contributed by atoms with E-state index in [1.807, 2.05) is 0 Å². The van der Waals surface area contributed by atoms with Crippen LogP contribution in [0.15, 0.2) is 0 Å². The Morgan fingerprint density at radius 1 is 1.00 bits per heavy atom.